The van der Waals surface area contributed by atoms with E-state index in [4.69, 9.17) is 21.1 Å². The number of aromatic nitrogens is 2. The quantitative estimate of drug-likeness (QED) is 0.756. The van der Waals surface area contributed by atoms with Crippen LogP contribution in [0.15, 0.2) is 6.20 Å². The maximum absolute atomic E-state index is 10.4. The van der Waals surface area contributed by atoms with Gasteiger partial charge in [-0.1, -0.05) is 0 Å². The van der Waals surface area contributed by atoms with Crippen molar-refractivity contribution < 1.29 is 14.6 Å². The molecule has 20 heavy (non-hydrogen) atoms. The largest absolute Gasteiger partial charge is 0.377 e. The second-order valence-electron chi connectivity index (χ2n) is 4.95. The molecule has 1 saturated heterocycles. The van der Waals surface area contributed by atoms with E-state index in [1.807, 2.05) is 16.8 Å². The Balaban J connectivity index is 2.03. The van der Waals surface area contributed by atoms with Gasteiger partial charge in [-0.3, -0.25) is 0 Å². The highest BCUT2D eigenvalue weighted by Gasteiger charge is 2.34. The molecule has 0 aromatic carbocycles. The second-order valence-corrected chi connectivity index (χ2v) is 5.29. The molecule has 1 N–H and O–H groups in total. The first-order chi connectivity index (χ1) is 9.66. The molecule has 3 heterocycles. The number of hydrogen-bond acceptors (Lipinski definition) is 7. The van der Waals surface area contributed by atoms with Crippen LogP contribution < -0.4 is 9.80 Å². The Morgan fingerprint density at radius 3 is 2.90 bits per heavy atom. The zero-order valence-electron chi connectivity index (χ0n) is 11.2. The Hall–Kier alpha value is -1.15. The second kappa shape index (κ2) is 5.69. The molecule has 1 aromatic rings. The maximum atomic E-state index is 10.4. The zero-order valence-corrected chi connectivity index (χ0v) is 12.0. The van der Waals surface area contributed by atoms with Crippen molar-refractivity contribution in [3.63, 3.8) is 0 Å². The fraction of sp³-hybridized carbons (Fsp3) is 0.667. The maximum Gasteiger partial charge on any atom is 0.224 e. The fourth-order valence-corrected chi connectivity index (χ4v) is 2.51. The van der Waals surface area contributed by atoms with Gasteiger partial charge >= 0.3 is 0 Å². The van der Waals surface area contributed by atoms with E-state index in [0.717, 1.165) is 5.69 Å². The molecular weight excluding hydrogens is 284 g/mol. The summed E-state index contributed by atoms with van der Waals surface area (Å²) in [6.07, 6.45) is 1.51. The van der Waals surface area contributed by atoms with Gasteiger partial charge in [0, 0.05) is 13.5 Å². The Morgan fingerprint density at radius 1 is 1.40 bits per heavy atom. The third-order valence-corrected chi connectivity index (χ3v) is 3.68. The summed E-state index contributed by atoms with van der Waals surface area (Å²) in [5, 5.41) is 10.6. The topological polar surface area (TPSA) is 71.0 Å². The lowest BCUT2D eigenvalue weighted by atomic mass is 10.1. The molecule has 1 atom stereocenters. The molecule has 1 aromatic heterocycles. The van der Waals surface area contributed by atoms with Crippen molar-refractivity contribution in [1.82, 2.24) is 9.97 Å². The molecule has 2 aliphatic heterocycles. The molecule has 0 spiro atoms. The van der Waals surface area contributed by atoms with Gasteiger partial charge in [-0.2, -0.15) is 4.98 Å². The van der Waals surface area contributed by atoms with Gasteiger partial charge < -0.3 is 24.4 Å². The van der Waals surface area contributed by atoms with E-state index in [0.29, 0.717) is 38.8 Å². The summed E-state index contributed by atoms with van der Waals surface area (Å²) < 4.78 is 10.8. The van der Waals surface area contributed by atoms with E-state index >= 15 is 0 Å². The molecule has 3 rings (SSSR count). The lowest BCUT2D eigenvalue weighted by molar-refractivity contribution is -0.0146. The van der Waals surface area contributed by atoms with Gasteiger partial charge in [0.05, 0.1) is 32.1 Å². The number of anilines is 2. The molecule has 7 nitrogen and oxygen atoms in total. The average Bonchev–Trinajstić information content (AvgIpc) is 2.42. The highest BCUT2D eigenvalue weighted by Crippen LogP contribution is 2.33. The average molecular weight is 301 g/mol. The van der Waals surface area contributed by atoms with Gasteiger partial charge in [0.25, 0.3) is 0 Å². The molecule has 0 bridgehead atoms. The number of hydrogen-bond donors (Lipinski definition) is 1. The molecule has 8 heteroatoms. The van der Waals surface area contributed by atoms with Crippen LogP contribution in [-0.2, 0) is 9.47 Å². The normalized spacial score (nSPS) is 24.4. The van der Waals surface area contributed by atoms with Crippen LogP contribution in [0.5, 0.6) is 0 Å². The van der Waals surface area contributed by atoms with Crippen molar-refractivity contribution in [3.8, 4) is 0 Å². The highest BCUT2D eigenvalue weighted by atomic mass is 35.5. The number of nitrogens with zero attached hydrogens (tertiary/aromatic N) is 4. The number of aliphatic hydroxyl groups excluding tert-OH is 1. The van der Waals surface area contributed by atoms with Crippen LogP contribution in [0.25, 0.3) is 0 Å². The first kappa shape index (κ1) is 13.8. The first-order valence-corrected chi connectivity index (χ1v) is 6.90. The van der Waals surface area contributed by atoms with Crippen LogP contribution in [0.3, 0.4) is 0 Å². The van der Waals surface area contributed by atoms with Crippen LogP contribution in [0.1, 0.15) is 6.42 Å². The highest BCUT2D eigenvalue weighted by molar-refractivity contribution is 6.28. The summed E-state index contributed by atoms with van der Waals surface area (Å²) in [5.41, 5.74) is 0.753. The molecular formula is C12H17ClN4O3. The van der Waals surface area contributed by atoms with Crippen LogP contribution >= 0.6 is 11.6 Å². The Kier molecular flexibility index (Phi) is 3.93. The molecule has 0 aliphatic carbocycles. The summed E-state index contributed by atoms with van der Waals surface area (Å²) in [6.45, 7) is 2.04. The van der Waals surface area contributed by atoms with Gasteiger partial charge in [0.2, 0.25) is 5.28 Å². The van der Waals surface area contributed by atoms with Crippen molar-refractivity contribution in [2.45, 2.75) is 18.7 Å². The molecule has 0 amide bonds. The minimum atomic E-state index is -0.654. The van der Waals surface area contributed by atoms with E-state index in [-0.39, 0.29) is 11.3 Å². The fourth-order valence-electron chi connectivity index (χ4n) is 2.38. The Bertz CT molecular complexity index is 486. The minimum absolute atomic E-state index is 0.125. The minimum Gasteiger partial charge on any atom is -0.377 e. The lowest BCUT2D eigenvalue weighted by Crippen LogP contribution is -2.54. The van der Waals surface area contributed by atoms with E-state index in [9.17, 15) is 5.11 Å². The number of halogens is 1. The van der Waals surface area contributed by atoms with Gasteiger partial charge in [0.15, 0.2) is 5.82 Å². The number of rotatable bonds is 1. The van der Waals surface area contributed by atoms with E-state index in [1.54, 1.807) is 6.20 Å². The molecule has 1 unspecified atom stereocenters. The number of aliphatic hydroxyl groups is 1. The standard InChI is InChI=1S/C12H17ClN4O3/c1-16-7-19-3-2-10(18)17(8-5-20-6-8)9-4-14-12(13)15-11(9)16/h4,8,10,18H,2-3,5-7H2,1H3. The lowest BCUT2D eigenvalue weighted by Gasteiger charge is -2.42. The van der Waals surface area contributed by atoms with Crippen molar-refractivity contribution >= 4 is 23.1 Å². The Morgan fingerprint density at radius 2 is 2.20 bits per heavy atom. The molecule has 110 valence electrons. The van der Waals surface area contributed by atoms with E-state index in [2.05, 4.69) is 9.97 Å². The summed E-state index contributed by atoms with van der Waals surface area (Å²) in [4.78, 5) is 12.1. The molecule has 0 radical (unpaired) electrons. The van der Waals surface area contributed by atoms with Gasteiger partial charge in [-0.05, 0) is 11.6 Å². The summed E-state index contributed by atoms with van der Waals surface area (Å²) in [6, 6.07) is 0.125. The van der Waals surface area contributed by atoms with Crippen molar-refractivity contribution in [2.24, 2.45) is 0 Å². The number of fused-ring (bicyclic) bond motifs is 1. The molecule has 1 fully saturated rings. The summed E-state index contributed by atoms with van der Waals surface area (Å²) >= 11 is 5.89. The van der Waals surface area contributed by atoms with Crippen molar-refractivity contribution in [3.05, 3.63) is 11.5 Å². The first-order valence-electron chi connectivity index (χ1n) is 6.52. The van der Waals surface area contributed by atoms with Gasteiger partial charge in [-0.15, -0.1) is 0 Å². The molecule has 0 saturated carbocycles. The van der Waals surface area contributed by atoms with Gasteiger partial charge in [-0.25, -0.2) is 4.98 Å². The monoisotopic (exact) mass is 300 g/mol. The van der Waals surface area contributed by atoms with Crippen molar-refractivity contribution in [1.29, 1.82) is 0 Å². The summed E-state index contributed by atoms with van der Waals surface area (Å²) in [5.74, 6) is 0.651. The summed E-state index contributed by atoms with van der Waals surface area (Å²) in [7, 11) is 1.87. The predicted molar refractivity (Wildman–Crippen MR) is 74.0 cm³/mol. The van der Waals surface area contributed by atoms with E-state index < -0.39 is 6.23 Å². The SMILES string of the molecule is CN1COCCC(O)N(C2COC2)c2cnc(Cl)nc21. The van der Waals surface area contributed by atoms with E-state index in [1.165, 1.54) is 0 Å². The Labute approximate surface area is 122 Å². The third-order valence-electron chi connectivity index (χ3n) is 3.50. The predicted octanol–water partition coefficient (Wildman–Crippen LogP) is 0.468. The van der Waals surface area contributed by atoms with Crippen molar-refractivity contribution in [2.75, 3.05) is 43.4 Å². The smallest absolute Gasteiger partial charge is 0.224 e. The van der Waals surface area contributed by atoms with Gasteiger partial charge in [0.1, 0.15) is 18.6 Å². The third kappa shape index (κ3) is 2.54. The zero-order chi connectivity index (χ0) is 14.1. The molecule has 2 aliphatic rings. The number of ether oxygens (including phenoxy) is 2. The van der Waals surface area contributed by atoms with Crippen LogP contribution in [0, 0.1) is 0 Å². The van der Waals surface area contributed by atoms with Crippen LogP contribution in [0.4, 0.5) is 11.5 Å². The van der Waals surface area contributed by atoms with Crippen LogP contribution in [0.2, 0.25) is 5.28 Å². The van der Waals surface area contributed by atoms with Crippen LogP contribution in [-0.4, -0.2) is 60.9 Å².